The van der Waals surface area contributed by atoms with Crippen molar-refractivity contribution in [3.8, 4) is 5.88 Å². The molecule has 2 heterocycles. The molecule has 24 heavy (non-hydrogen) atoms. The van der Waals surface area contributed by atoms with Gasteiger partial charge in [0.2, 0.25) is 5.88 Å². The molecule has 5 nitrogen and oxygen atoms in total. The quantitative estimate of drug-likeness (QED) is 0.482. The average Bonchev–Trinajstić information content (AvgIpc) is 2.92. The molecule has 0 fully saturated rings. The lowest BCUT2D eigenvalue weighted by molar-refractivity contribution is 0.459. The molecule has 0 aliphatic rings. The van der Waals surface area contributed by atoms with Gasteiger partial charge in [-0.1, -0.05) is 30.3 Å². The van der Waals surface area contributed by atoms with Crippen molar-refractivity contribution < 1.29 is 5.11 Å². The molecule has 118 valence electrons. The fraction of sp³-hybridized carbons (Fsp3) is 0.105. The summed E-state index contributed by atoms with van der Waals surface area (Å²) in [5.41, 5.74) is 4.43. The van der Waals surface area contributed by atoms with Crippen LogP contribution in [0.2, 0.25) is 0 Å². The molecular weight excluding hydrogens is 300 g/mol. The molecule has 0 aliphatic carbocycles. The summed E-state index contributed by atoms with van der Waals surface area (Å²) in [7, 11) is 0. The van der Waals surface area contributed by atoms with Crippen LogP contribution in [-0.4, -0.2) is 15.1 Å². The molecule has 2 N–H and O–H groups in total. The summed E-state index contributed by atoms with van der Waals surface area (Å²) in [6, 6.07) is 15.6. The topological polar surface area (TPSA) is 73.6 Å². The number of rotatable bonds is 2. The van der Waals surface area contributed by atoms with Gasteiger partial charge in [-0.05, 0) is 43.2 Å². The minimum absolute atomic E-state index is 0.0169. The third-order valence-corrected chi connectivity index (χ3v) is 4.29. The largest absolute Gasteiger partial charge is 0.493 e. The van der Waals surface area contributed by atoms with E-state index in [1.165, 1.54) is 0 Å². The number of aromatic amines is 1. The Hall–Kier alpha value is -3.21. The Morgan fingerprint density at radius 1 is 0.958 bits per heavy atom. The number of para-hydroxylation sites is 1. The number of benzene rings is 2. The third-order valence-electron chi connectivity index (χ3n) is 4.29. The summed E-state index contributed by atoms with van der Waals surface area (Å²) in [6.07, 6.45) is 0. The van der Waals surface area contributed by atoms with E-state index in [2.05, 4.69) is 20.2 Å². The van der Waals surface area contributed by atoms with Crippen molar-refractivity contribution in [2.45, 2.75) is 13.8 Å². The fourth-order valence-electron chi connectivity index (χ4n) is 2.79. The number of nitrogens with zero attached hydrogens (tertiary/aromatic N) is 3. The van der Waals surface area contributed by atoms with E-state index in [1.54, 1.807) is 0 Å². The number of hydrogen-bond donors (Lipinski definition) is 2. The zero-order chi connectivity index (χ0) is 16.7. The van der Waals surface area contributed by atoms with Crippen molar-refractivity contribution in [1.29, 1.82) is 0 Å². The highest BCUT2D eigenvalue weighted by atomic mass is 16.3. The minimum atomic E-state index is 0.0169. The number of azo groups is 1. The third kappa shape index (κ3) is 2.31. The normalized spacial score (nSPS) is 11.8. The van der Waals surface area contributed by atoms with E-state index in [1.807, 2.05) is 62.4 Å². The predicted octanol–water partition coefficient (Wildman–Crippen LogP) is 5.45. The molecule has 0 spiro atoms. The van der Waals surface area contributed by atoms with Crippen molar-refractivity contribution in [1.82, 2.24) is 9.97 Å². The maximum absolute atomic E-state index is 10.2. The van der Waals surface area contributed by atoms with Gasteiger partial charge < -0.3 is 10.1 Å². The second kappa shape index (κ2) is 5.45. The Morgan fingerprint density at radius 2 is 1.79 bits per heavy atom. The lowest BCUT2D eigenvalue weighted by atomic mass is 10.1. The number of aromatic hydroxyl groups is 1. The number of pyridine rings is 1. The first-order valence-corrected chi connectivity index (χ1v) is 7.72. The minimum Gasteiger partial charge on any atom is -0.493 e. The van der Waals surface area contributed by atoms with Crippen LogP contribution in [-0.2, 0) is 0 Å². The molecule has 5 heteroatoms. The molecule has 0 aliphatic heterocycles. The Kier molecular flexibility index (Phi) is 3.27. The van der Waals surface area contributed by atoms with Gasteiger partial charge in [-0.25, -0.2) is 4.98 Å². The Labute approximate surface area is 138 Å². The van der Waals surface area contributed by atoms with Crippen LogP contribution in [0.15, 0.2) is 58.8 Å². The Morgan fingerprint density at radius 3 is 2.67 bits per heavy atom. The lowest BCUT2D eigenvalue weighted by Crippen LogP contribution is -1.81. The number of fused-ring (bicyclic) bond motifs is 2. The van der Waals surface area contributed by atoms with Crippen LogP contribution in [0, 0.1) is 13.8 Å². The molecule has 0 unspecified atom stereocenters. The first-order valence-electron chi connectivity index (χ1n) is 7.72. The molecule has 4 aromatic rings. The van der Waals surface area contributed by atoms with Crippen LogP contribution in [0.1, 0.15) is 11.1 Å². The predicted molar refractivity (Wildman–Crippen MR) is 95.4 cm³/mol. The number of aryl methyl sites for hydroxylation is 2. The van der Waals surface area contributed by atoms with Gasteiger partial charge in [-0.3, -0.25) is 0 Å². The van der Waals surface area contributed by atoms with Crippen molar-refractivity contribution in [2.75, 3.05) is 0 Å². The van der Waals surface area contributed by atoms with Gasteiger partial charge >= 0.3 is 0 Å². The van der Waals surface area contributed by atoms with E-state index >= 15 is 0 Å². The van der Waals surface area contributed by atoms with Crippen LogP contribution >= 0.6 is 0 Å². The molecular formula is C19H16N4O. The molecule has 0 amide bonds. The van der Waals surface area contributed by atoms with Crippen LogP contribution < -0.4 is 0 Å². The molecule has 2 aromatic carbocycles. The first kappa shape index (κ1) is 14.4. The smallest absolute Gasteiger partial charge is 0.218 e. The highest BCUT2D eigenvalue weighted by Crippen LogP contribution is 2.38. The molecule has 0 saturated heterocycles. The van der Waals surface area contributed by atoms with Gasteiger partial charge in [-0.2, -0.15) is 0 Å². The van der Waals surface area contributed by atoms with Gasteiger partial charge in [0, 0.05) is 10.8 Å². The van der Waals surface area contributed by atoms with E-state index in [4.69, 9.17) is 0 Å². The SMILES string of the molecule is Cc1ccc2c(N=Nc3ccc4ccccc4n3)c(O)[nH]c2c1C. The molecule has 2 aromatic heterocycles. The summed E-state index contributed by atoms with van der Waals surface area (Å²) in [5.74, 6) is 0.523. The first-order chi connectivity index (χ1) is 11.6. The van der Waals surface area contributed by atoms with Gasteiger partial charge in [0.15, 0.2) is 11.5 Å². The summed E-state index contributed by atoms with van der Waals surface area (Å²) in [6.45, 7) is 4.05. The zero-order valence-electron chi connectivity index (χ0n) is 13.4. The number of hydrogen-bond acceptors (Lipinski definition) is 4. The zero-order valence-corrected chi connectivity index (χ0v) is 13.4. The Bertz CT molecular complexity index is 1100. The van der Waals surface area contributed by atoms with Crippen molar-refractivity contribution in [3.63, 3.8) is 0 Å². The van der Waals surface area contributed by atoms with Crippen LogP contribution in [0.4, 0.5) is 11.5 Å². The number of H-pyrrole nitrogens is 1. The Balaban J connectivity index is 1.79. The molecule has 0 radical (unpaired) electrons. The highest BCUT2D eigenvalue weighted by molar-refractivity contribution is 5.96. The number of nitrogens with one attached hydrogen (secondary N) is 1. The van der Waals surface area contributed by atoms with E-state index in [9.17, 15) is 5.11 Å². The van der Waals surface area contributed by atoms with Crippen LogP contribution in [0.5, 0.6) is 5.88 Å². The van der Waals surface area contributed by atoms with Crippen molar-refractivity contribution in [3.05, 3.63) is 59.7 Å². The van der Waals surface area contributed by atoms with Crippen molar-refractivity contribution >= 4 is 33.3 Å². The summed E-state index contributed by atoms with van der Waals surface area (Å²) >= 11 is 0. The van der Waals surface area contributed by atoms with Crippen molar-refractivity contribution in [2.24, 2.45) is 10.2 Å². The maximum atomic E-state index is 10.2. The fourth-order valence-corrected chi connectivity index (χ4v) is 2.79. The second-order valence-corrected chi connectivity index (χ2v) is 5.81. The van der Waals surface area contributed by atoms with E-state index in [0.29, 0.717) is 11.5 Å². The molecule has 0 atom stereocenters. The molecule has 0 saturated carbocycles. The summed E-state index contributed by atoms with van der Waals surface area (Å²) < 4.78 is 0. The van der Waals surface area contributed by atoms with E-state index < -0.39 is 0 Å². The maximum Gasteiger partial charge on any atom is 0.218 e. The summed E-state index contributed by atoms with van der Waals surface area (Å²) in [5, 5.41) is 20.5. The lowest BCUT2D eigenvalue weighted by Gasteiger charge is -2.00. The number of aromatic nitrogens is 2. The van der Waals surface area contributed by atoms with E-state index in [0.717, 1.165) is 32.9 Å². The van der Waals surface area contributed by atoms with Gasteiger partial charge in [0.25, 0.3) is 0 Å². The standard InChI is InChI=1S/C19H16N4O/c1-11-7-9-14-17(12(11)2)21-19(24)18(14)23-22-16-10-8-13-5-3-4-6-15(13)20-16/h3-10,21,24H,1-2H3. The van der Waals surface area contributed by atoms with Crippen LogP contribution in [0.3, 0.4) is 0 Å². The average molecular weight is 316 g/mol. The monoisotopic (exact) mass is 316 g/mol. The highest BCUT2D eigenvalue weighted by Gasteiger charge is 2.13. The molecule has 0 bridgehead atoms. The summed E-state index contributed by atoms with van der Waals surface area (Å²) in [4.78, 5) is 7.45. The van der Waals surface area contributed by atoms with Gasteiger partial charge in [-0.15, -0.1) is 10.2 Å². The molecule has 4 rings (SSSR count). The van der Waals surface area contributed by atoms with Crippen LogP contribution in [0.25, 0.3) is 21.8 Å². The second-order valence-electron chi connectivity index (χ2n) is 5.81. The van der Waals surface area contributed by atoms with Gasteiger partial charge in [0.05, 0.1) is 11.0 Å². The van der Waals surface area contributed by atoms with E-state index in [-0.39, 0.29) is 5.88 Å². The van der Waals surface area contributed by atoms with Gasteiger partial charge in [0.1, 0.15) is 0 Å².